The zero-order valence-electron chi connectivity index (χ0n) is 20.4. The van der Waals surface area contributed by atoms with Gasteiger partial charge in [-0.1, -0.05) is 42.3 Å². The van der Waals surface area contributed by atoms with Crippen LogP contribution in [0.2, 0.25) is 0 Å². The Morgan fingerprint density at radius 3 is 2.66 bits per heavy atom. The molecule has 0 spiro atoms. The highest BCUT2D eigenvalue weighted by atomic mass is 16.1. The molecule has 5 heteroatoms. The molecule has 35 heavy (non-hydrogen) atoms. The average Bonchev–Trinajstić information content (AvgIpc) is 3.58. The van der Waals surface area contributed by atoms with E-state index in [1.807, 2.05) is 12.1 Å². The number of amides is 1. The molecule has 3 N–H and O–H groups in total. The third kappa shape index (κ3) is 5.85. The molecule has 5 nitrogen and oxygen atoms in total. The van der Waals surface area contributed by atoms with E-state index in [1.54, 1.807) is 0 Å². The summed E-state index contributed by atoms with van der Waals surface area (Å²) in [6.07, 6.45) is 11.0. The SMILES string of the molecule is CN(C)Cc1ccc(N/C(C2=CCCC=C2)=C2\CNc3cc(C#CC(=O)NC4CC4)ccc32)cc1. The van der Waals surface area contributed by atoms with E-state index in [2.05, 4.69) is 95.3 Å². The molecule has 5 rings (SSSR count). The van der Waals surface area contributed by atoms with E-state index < -0.39 is 0 Å². The summed E-state index contributed by atoms with van der Waals surface area (Å²) in [5.41, 5.74) is 9.02. The van der Waals surface area contributed by atoms with Crippen molar-refractivity contribution in [3.63, 3.8) is 0 Å². The van der Waals surface area contributed by atoms with Gasteiger partial charge < -0.3 is 20.9 Å². The number of carbonyl (C=O) groups excluding carboxylic acids is 1. The van der Waals surface area contributed by atoms with Gasteiger partial charge in [0.25, 0.3) is 5.91 Å². The Bertz CT molecular complexity index is 1270. The molecule has 0 atom stereocenters. The van der Waals surface area contributed by atoms with Gasteiger partial charge in [-0.3, -0.25) is 4.79 Å². The number of hydrogen-bond donors (Lipinski definition) is 3. The van der Waals surface area contributed by atoms with Crippen molar-refractivity contribution in [2.45, 2.75) is 38.3 Å². The number of nitrogens with one attached hydrogen (secondary N) is 3. The minimum absolute atomic E-state index is 0.194. The van der Waals surface area contributed by atoms with Gasteiger partial charge in [-0.05, 0) is 75.2 Å². The fraction of sp³-hybridized carbons (Fsp3) is 0.300. The van der Waals surface area contributed by atoms with Crippen molar-refractivity contribution in [2.24, 2.45) is 0 Å². The molecule has 2 aromatic rings. The minimum Gasteiger partial charge on any atom is -0.380 e. The Hall–Kier alpha value is -3.75. The summed E-state index contributed by atoms with van der Waals surface area (Å²) in [6.45, 7) is 1.66. The summed E-state index contributed by atoms with van der Waals surface area (Å²) in [6, 6.07) is 15.1. The smallest absolute Gasteiger partial charge is 0.296 e. The van der Waals surface area contributed by atoms with Crippen LogP contribution in [0, 0.1) is 11.8 Å². The topological polar surface area (TPSA) is 56.4 Å². The summed E-state index contributed by atoms with van der Waals surface area (Å²) in [4.78, 5) is 14.1. The molecule has 3 aliphatic rings. The lowest BCUT2D eigenvalue weighted by Crippen LogP contribution is -2.23. The molecule has 1 amide bonds. The predicted molar refractivity (Wildman–Crippen MR) is 144 cm³/mol. The highest BCUT2D eigenvalue weighted by Crippen LogP contribution is 2.37. The van der Waals surface area contributed by atoms with Gasteiger partial charge in [-0.2, -0.15) is 0 Å². The van der Waals surface area contributed by atoms with Gasteiger partial charge >= 0.3 is 0 Å². The summed E-state index contributed by atoms with van der Waals surface area (Å²) in [5.74, 6) is 5.54. The highest BCUT2D eigenvalue weighted by molar-refractivity contribution is 5.95. The number of fused-ring (bicyclic) bond motifs is 1. The van der Waals surface area contributed by atoms with Gasteiger partial charge in [-0.15, -0.1) is 0 Å². The number of allylic oxidation sites excluding steroid dienone is 3. The van der Waals surface area contributed by atoms with Crippen LogP contribution in [0.15, 0.2) is 72.0 Å². The summed E-state index contributed by atoms with van der Waals surface area (Å²) in [7, 11) is 4.17. The van der Waals surface area contributed by atoms with Gasteiger partial charge in [0.15, 0.2) is 0 Å². The number of nitrogens with zero attached hydrogens (tertiary/aromatic N) is 1. The second kappa shape index (κ2) is 10.2. The lowest BCUT2D eigenvalue weighted by molar-refractivity contribution is -0.115. The molecule has 178 valence electrons. The second-order valence-corrected chi connectivity index (χ2v) is 9.66. The van der Waals surface area contributed by atoms with Crippen LogP contribution in [-0.4, -0.2) is 37.5 Å². The van der Waals surface area contributed by atoms with Crippen LogP contribution in [0.3, 0.4) is 0 Å². The Kier molecular flexibility index (Phi) is 6.74. The molecule has 1 aliphatic heterocycles. The monoisotopic (exact) mass is 464 g/mol. The zero-order chi connectivity index (χ0) is 24.2. The van der Waals surface area contributed by atoms with Crippen LogP contribution in [0.25, 0.3) is 5.57 Å². The standard InChI is InChI=1S/C30H32N4O/c1-34(2)20-22-8-12-25(13-9-22)33-30(23-6-4-3-5-7-23)27-19-31-28-18-21(10-16-26(27)28)11-17-29(35)32-24-14-15-24/h4,6-10,12-13,16,18,24,31,33H,3,5,14-15,19-20H2,1-2H3,(H,32,35)/b30-27+. The first-order chi connectivity index (χ1) is 17.0. The fourth-order valence-electron chi connectivity index (χ4n) is 4.44. The summed E-state index contributed by atoms with van der Waals surface area (Å²) >= 11 is 0. The summed E-state index contributed by atoms with van der Waals surface area (Å²) in [5, 5.41) is 10.2. The molecular weight excluding hydrogens is 432 g/mol. The Morgan fingerprint density at radius 2 is 1.94 bits per heavy atom. The van der Waals surface area contributed by atoms with E-state index in [0.717, 1.165) is 61.4 Å². The normalized spacial score (nSPS) is 17.6. The third-order valence-electron chi connectivity index (χ3n) is 6.34. The van der Waals surface area contributed by atoms with Crippen LogP contribution in [0.5, 0.6) is 0 Å². The molecule has 0 bridgehead atoms. The van der Waals surface area contributed by atoms with Gasteiger partial charge in [0.2, 0.25) is 0 Å². The molecular formula is C30H32N4O. The van der Waals surface area contributed by atoms with Gasteiger partial charge in [0, 0.05) is 53.1 Å². The molecule has 0 saturated heterocycles. The average molecular weight is 465 g/mol. The third-order valence-corrected chi connectivity index (χ3v) is 6.34. The maximum absolute atomic E-state index is 11.9. The van der Waals surface area contributed by atoms with E-state index in [4.69, 9.17) is 0 Å². The molecule has 2 aliphatic carbocycles. The molecule has 0 unspecified atom stereocenters. The Balaban J connectivity index is 1.42. The number of anilines is 2. The number of benzene rings is 2. The van der Waals surface area contributed by atoms with Crippen LogP contribution in [-0.2, 0) is 11.3 Å². The number of hydrogen-bond acceptors (Lipinski definition) is 4. The van der Waals surface area contributed by atoms with Crippen molar-refractivity contribution in [1.82, 2.24) is 10.2 Å². The Labute approximate surface area is 208 Å². The second-order valence-electron chi connectivity index (χ2n) is 9.66. The van der Waals surface area contributed by atoms with E-state index in [-0.39, 0.29) is 5.91 Å². The molecule has 0 aromatic heterocycles. The van der Waals surface area contributed by atoms with Crippen molar-refractivity contribution < 1.29 is 4.79 Å². The first-order valence-electron chi connectivity index (χ1n) is 12.4. The Morgan fingerprint density at radius 1 is 1.11 bits per heavy atom. The van der Waals surface area contributed by atoms with Crippen molar-refractivity contribution in [3.05, 3.63) is 88.7 Å². The minimum atomic E-state index is -0.194. The molecule has 0 radical (unpaired) electrons. The van der Waals surface area contributed by atoms with Gasteiger partial charge in [0.1, 0.15) is 0 Å². The van der Waals surface area contributed by atoms with Gasteiger partial charge in [0.05, 0.1) is 5.70 Å². The van der Waals surface area contributed by atoms with E-state index in [0.29, 0.717) is 6.04 Å². The van der Waals surface area contributed by atoms with Gasteiger partial charge in [-0.25, -0.2) is 0 Å². The van der Waals surface area contributed by atoms with Crippen molar-refractivity contribution in [3.8, 4) is 11.8 Å². The lowest BCUT2D eigenvalue weighted by atomic mass is 9.96. The zero-order valence-corrected chi connectivity index (χ0v) is 20.4. The fourth-order valence-corrected chi connectivity index (χ4v) is 4.44. The quantitative estimate of drug-likeness (QED) is 0.532. The van der Waals surface area contributed by atoms with Crippen molar-refractivity contribution in [1.29, 1.82) is 0 Å². The maximum Gasteiger partial charge on any atom is 0.296 e. The van der Waals surface area contributed by atoms with E-state index in [1.165, 1.54) is 22.3 Å². The molecule has 1 heterocycles. The van der Waals surface area contributed by atoms with Crippen LogP contribution >= 0.6 is 0 Å². The first-order valence-corrected chi connectivity index (χ1v) is 12.4. The first kappa shape index (κ1) is 23.0. The van der Waals surface area contributed by atoms with Crippen molar-refractivity contribution >= 4 is 22.9 Å². The predicted octanol–water partition coefficient (Wildman–Crippen LogP) is 4.90. The van der Waals surface area contributed by atoms with E-state index in [9.17, 15) is 4.79 Å². The number of rotatable bonds is 6. The maximum atomic E-state index is 11.9. The molecule has 2 aromatic carbocycles. The number of carbonyl (C=O) groups is 1. The van der Waals surface area contributed by atoms with Crippen LogP contribution in [0.1, 0.15) is 42.4 Å². The van der Waals surface area contributed by atoms with Crippen LogP contribution < -0.4 is 16.0 Å². The molecule has 1 fully saturated rings. The van der Waals surface area contributed by atoms with Crippen molar-refractivity contribution in [2.75, 3.05) is 31.3 Å². The largest absolute Gasteiger partial charge is 0.380 e. The van der Waals surface area contributed by atoms with E-state index >= 15 is 0 Å². The molecule has 1 saturated carbocycles. The lowest BCUT2D eigenvalue weighted by Gasteiger charge is -2.18. The highest BCUT2D eigenvalue weighted by Gasteiger charge is 2.23. The summed E-state index contributed by atoms with van der Waals surface area (Å²) < 4.78 is 0. The van der Waals surface area contributed by atoms with Crippen LogP contribution in [0.4, 0.5) is 11.4 Å².